The maximum Gasteiger partial charge on any atom is 0.471 e. The van der Waals surface area contributed by atoms with Gasteiger partial charge in [0.05, 0.1) is 27.5 Å². The average Bonchev–Trinajstić information content (AvgIpc) is 2.91. The van der Waals surface area contributed by atoms with Gasteiger partial charge in [0.25, 0.3) is 5.91 Å². The number of aryl methyl sites for hydroxylation is 1. The van der Waals surface area contributed by atoms with Crippen molar-refractivity contribution in [3.05, 3.63) is 94.5 Å². The zero-order valence-electron chi connectivity index (χ0n) is 20.4. The molecule has 4 aromatic rings. The van der Waals surface area contributed by atoms with Crippen molar-refractivity contribution in [1.29, 1.82) is 0 Å². The molecule has 38 heavy (non-hydrogen) atoms. The molecule has 1 heterocycles. The molecule has 0 atom stereocenters. The van der Waals surface area contributed by atoms with Gasteiger partial charge >= 0.3 is 12.1 Å². The predicted octanol–water partition coefficient (Wildman–Crippen LogP) is 6.77. The molecule has 10 heteroatoms. The molecule has 0 aliphatic carbocycles. The van der Waals surface area contributed by atoms with Gasteiger partial charge in [-0.05, 0) is 48.7 Å². The number of nitrogens with one attached hydrogen (secondary N) is 2. The monoisotopic (exact) mass is 538 g/mol. The van der Waals surface area contributed by atoms with E-state index < -0.39 is 18.0 Å². The standard InChI is InChI=1S/C28H22ClF3N4O2/c1-3-17-10-12-18(13-11-17)24-15-22(21-8-5-9-23(29)25(21)34-24)26(37)36-35-16(2)19-6-4-7-20(14-19)33-27(38)28(30,31)32/h4-15H,3H2,1-2H3,(H,33,38)(H,36,37). The van der Waals surface area contributed by atoms with Crippen molar-refractivity contribution in [2.24, 2.45) is 5.10 Å². The molecule has 3 aromatic carbocycles. The van der Waals surface area contributed by atoms with Crippen LogP contribution in [-0.2, 0) is 11.2 Å². The third kappa shape index (κ3) is 6.00. The van der Waals surface area contributed by atoms with Crippen molar-refractivity contribution in [2.45, 2.75) is 26.4 Å². The average molecular weight is 539 g/mol. The zero-order valence-corrected chi connectivity index (χ0v) is 21.1. The van der Waals surface area contributed by atoms with E-state index in [0.717, 1.165) is 17.5 Å². The number of halogens is 4. The molecule has 0 bridgehead atoms. The van der Waals surface area contributed by atoms with E-state index in [0.29, 0.717) is 38.5 Å². The Balaban J connectivity index is 1.63. The van der Waals surface area contributed by atoms with Gasteiger partial charge in [-0.15, -0.1) is 0 Å². The fourth-order valence-corrected chi connectivity index (χ4v) is 3.96. The number of amides is 2. The summed E-state index contributed by atoms with van der Waals surface area (Å²) < 4.78 is 37.7. The highest BCUT2D eigenvalue weighted by atomic mass is 35.5. The highest BCUT2D eigenvalue weighted by Gasteiger charge is 2.38. The summed E-state index contributed by atoms with van der Waals surface area (Å²) in [6.07, 6.45) is -4.12. The number of pyridine rings is 1. The molecule has 2 amide bonds. The molecule has 0 unspecified atom stereocenters. The van der Waals surface area contributed by atoms with E-state index in [9.17, 15) is 22.8 Å². The summed E-state index contributed by atoms with van der Waals surface area (Å²) in [5.74, 6) is -2.60. The minimum atomic E-state index is -5.01. The van der Waals surface area contributed by atoms with Crippen molar-refractivity contribution < 1.29 is 22.8 Å². The molecule has 1 aromatic heterocycles. The second kappa shape index (κ2) is 11.0. The highest BCUT2D eigenvalue weighted by molar-refractivity contribution is 6.35. The Morgan fingerprint density at radius 1 is 1.00 bits per heavy atom. The Bertz CT molecular complexity index is 1550. The van der Waals surface area contributed by atoms with E-state index in [-0.39, 0.29) is 5.69 Å². The van der Waals surface area contributed by atoms with Crippen LogP contribution in [0, 0.1) is 0 Å². The van der Waals surface area contributed by atoms with Gasteiger partial charge in [-0.2, -0.15) is 18.3 Å². The molecule has 2 N–H and O–H groups in total. The van der Waals surface area contributed by atoms with E-state index in [4.69, 9.17) is 11.6 Å². The van der Waals surface area contributed by atoms with Gasteiger partial charge in [-0.1, -0.05) is 67.1 Å². The van der Waals surface area contributed by atoms with Crippen molar-refractivity contribution in [2.75, 3.05) is 5.32 Å². The molecular weight excluding hydrogens is 517 g/mol. The van der Waals surface area contributed by atoms with E-state index in [2.05, 4.69) is 22.4 Å². The molecule has 0 fully saturated rings. The van der Waals surface area contributed by atoms with Gasteiger partial charge in [0, 0.05) is 16.6 Å². The highest BCUT2D eigenvalue weighted by Crippen LogP contribution is 2.29. The lowest BCUT2D eigenvalue weighted by Gasteiger charge is -2.11. The van der Waals surface area contributed by atoms with Crippen molar-refractivity contribution in [3.8, 4) is 11.3 Å². The molecule has 0 spiro atoms. The molecule has 194 valence electrons. The number of carbonyl (C=O) groups is 2. The zero-order chi connectivity index (χ0) is 27.4. The second-order valence-corrected chi connectivity index (χ2v) is 8.82. The Kier molecular flexibility index (Phi) is 7.78. The minimum absolute atomic E-state index is 0.0563. The summed E-state index contributed by atoms with van der Waals surface area (Å²) >= 11 is 6.41. The Hall–Kier alpha value is -4.24. The Labute approximate surface area is 221 Å². The normalized spacial score (nSPS) is 11.9. The molecule has 0 saturated heterocycles. The van der Waals surface area contributed by atoms with E-state index in [1.807, 2.05) is 24.3 Å². The van der Waals surface area contributed by atoms with Crippen molar-refractivity contribution in [3.63, 3.8) is 0 Å². The van der Waals surface area contributed by atoms with E-state index in [1.54, 1.807) is 42.6 Å². The van der Waals surface area contributed by atoms with Crippen LogP contribution in [0.15, 0.2) is 77.9 Å². The first-order valence-electron chi connectivity index (χ1n) is 11.6. The maximum absolute atomic E-state index is 13.2. The molecular formula is C28H22ClF3N4O2. The number of alkyl halides is 3. The summed E-state index contributed by atoms with van der Waals surface area (Å²) in [7, 11) is 0. The number of rotatable bonds is 6. The lowest BCUT2D eigenvalue weighted by Crippen LogP contribution is -2.29. The molecule has 0 aliphatic heterocycles. The van der Waals surface area contributed by atoms with Crippen LogP contribution in [0.2, 0.25) is 5.02 Å². The fourth-order valence-electron chi connectivity index (χ4n) is 3.74. The number of hydrazone groups is 1. The smallest absolute Gasteiger partial charge is 0.318 e. The number of benzene rings is 3. The van der Waals surface area contributed by atoms with Crippen LogP contribution in [0.25, 0.3) is 22.2 Å². The Morgan fingerprint density at radius 2 is 1.71 bits per heavy atom. The number of fused-ring (bicyclic) bond motifs is 1. The van der Waals surface area contributed by atoms with Gasteiger partial charge in [-0.3, -0.25) is 9.59 Å². The first-order valence-corrected chi connectivity index (χ1v) is 12.0. The molecule has 0 saturated carbocycles. The number of anilines is 1. The van der Waals surface area contributed by atoms with Crippen LogP contribution in [0.1, 0.15) is 35.3 Å². The first kappa shape index (κ1) is 26.8. The van der Waals surface area contributed by atoms with Crippen LogP contribution in [-0.4, -0.2) is 28.7 Å². The lowest BCUT2D eigenvalue weighted by atomic mass is 10.0. The topological polar surface area (TPSA) is 83.5 Å². The second-order valence-electron chi connectivity index (χ2n) is 8.41. The van der Waals surface area contributed by atoms with Crippen LogP contribution >= 0.6 is 11.6 Å². The van der Waals surface area contributed by atoms with Crippen LogP contribution in [0.4, 0.5) is 18.9 Å². The quantitative estimate of drug-likeness (QED) is 0.210. The summed E-state index contributed by atoms with van der Waals surface area (Å²) in [4.78, 5) is 29.2. The lowest BCUT2D eigenvalue weighted by molar-refractivity contribution is -0.167. The molecule has 0 radical (unpaired) electrons. The van der Waals surface area contributed by atoms with Crippen LogP contribution in [0.5, 0.6) is 0 Å². The summed E-state index contributed by atoms with van der Waals surface area (Å²) in [6.45, 7) is 3.63. The van der Waals surface area contributed by atoms with Gasteiger partial charge in [0.1, 0.15) is 0 Å². The van der Waals surface area contributed by atoms with E-state index in [1.165, 1.54) is 18.2 Å². The van der Waals surface area contributed by atoms with Crippen LogP contribution < -0.4 is 10.7 Å². The first-order chi connectivity index (χ1) is 18.1. The number of carbonyl (C=O) groups excluding carboxylic acids is 2. The number of hydrogen-bond donors (Lipinski definition) is 2. The predicted molar refractivity (Wildman–Crippen MR) is 142 cm³/mol. The third-order valence-corrected chi connectivity index (χ3v) is 6.12. The summed E-state index contributed by atoms with van der Waals surface area (Å²) in [5, 5.41) is 6.84. The SMILES string of the molecule is CCc1ccc(-c2cc(C(=O)NN=C(C)c3cccc(NC(=O)C(F)(F)F)c3)c3cccc(Cl)c3n2)cc1. The Morgan fingerprint density at radius 3 is 2.39 bits per heavy atom. The fraction of sp³-hybridized carbons (Fsp3) is 0.143. The van der Waals surface area contributed by atoms with Crippen molar-refractivity contribution >= 4 is 45.7 Å². The number of aromatic nitrogens is 1. The largest absolute Gasteiger partial charge is 0.471 e. The summed E-state index contributed by atoms with van der Waals surface area (Å²) in [5.41, 5.74) is 6.47. The van der Waals surface area contributed by atoms with Gasteiger partial charge in [-0.25, -0.2) is 10.4 Å². The molecule has 4 rings (SSSR count). The third-order valence-electron chi connectivity index (χ3n) is 5.81. The molecule has 0 aliphatic rings. The minimum Gasteiger partial charge on any atom is -0.318 e. The number of nitrogens with zero attached hydrogens (tertiary/aromatic N) is 2. The van der Waals surface area contributed by atoms with Gasteiger partial charge in [0.2, 0.25) is 0 Å². The number of para-hydroxylation sites is 1. The molecule has 6 nitrogen and oxygen atoms in total. The van der Waals surface area contributed by atoms with E-state index >= 15 is 0 Å². The number of hydrogen-bond acceptors (Lipinski definition) is 4. The maximum atomic E-state index is 13.2. The van der Waals surface area contributed by atoms with Gasteiger partial charge in [0.15, 0.2) is 0 Å². The van der Waals surface area contributed by atoms with Gasteiger partial charge < -0.3 is 5.32 Å². The summed E-state index contributed by atoms with van der Waals surface area (Å²) in [6, 6.07) is 20.3. The van der Waals surface area contributed by atoms with Crippen LogP contribution in [0.3, 0.4) is 0 Å². The van der Waals surface area contributed by atoms with Crippen molar-refractivity contribution in [1.82, 2.24) is 10.4 Å².